The third-order valence-electron chi connectivity index (χ3n) is 5.66. The molecule has 1 aromatic rings. The number of amides is 1. The Bertz CT molecular complexity index is 492. The first-order chi connectivity index (χ1) is 10.6. The number of nitrogens with zero attached hydrogens (tertiary/aromatic N) is 2. The van der Waals surface area contributed by atoms with Crippen molar-refractivity contribution in [3.8, 4) is 0 Å². The number of rotatable bonds is 3. The molecule has 0 saturated carbocycles. The van der Waals surface area contributed by atoms with Gasteiger partial charge >= 0.3 is 0 Å². The van der Waals surface area contributed by atoms with Gasteiger partial charge in [-0.15, -0.1) is 0 Å². The Hall–Kier alpha value is -1.33. The molecular weight excluding hydrogens is 280 g/mol. The Morgan fingerprint density at radius 3 is 2.68 bits per heavy atom. The van der Waals surface area contributed by atoms with E-state index in [1.165, 1.54) is 0 Å². The topological polar surface area (TPSA) is 56.9 Å². The quantitative estimate of drug-likeness (QED) is 0.924. The summed E-state index contributed by atoms with van der Waals surface area (Å²) in [4.78, 5) is 15.8. The molecule has 5 heteroatoms. The smallest absolute Gasteiger partial charge is 0.219 e. The highest BCUT2D eigenvalue weighted by molar-refractivity contribution is 5.73. The highest BCUT2D eigenvalue weighted by atomic mass is 16.3. The van der Waals surface area contributed by atoms with Crippen LogP contribution in [0.2, 0.25) is 0 Å². The number of aliphatic hydroxyl groups excluding tert-OH is 1. The lowest BCUT2D eigenvalue weighted by Crippen LogP contribution is -2.53. The summed E-state index contributed by atoms with van der Waals surface area (Å²) >= 11 is 0. The van der Waals surface area contributed by atoms with E-state index in [1.54, 1.807) is 13.2 Å². The van der Waals surface area contributed by atoms with Gasteiger partial charge in [-0.2, -0.15) is 0 Å². The van der Waals surface area contributed by atoms with E-state index in [-0.39, 0.29) is 17.9 Å². The lowest BCUT2D eigenvalue weighted by Gasteiger charge is -2.51. The highest BCUT2D eigenvalue weighted by Gasteiger charge is 2.44. The fourth-order valence-electron chi connectivity index (χ4n) is 4.12. The molecule has 1 spiro atoms. The first-order valence-corrected chi connectivity index (χ1v) is 8.24. The predicted molar refractivity (Wildman–Crippen MR) is 83.1 cm³/mol. The van der Waals surface area contributed by atoms with Crippen molar-refractivity contribution in [3.63, 3.8) is 0 Å². The van der Waals surface area contributed by atoms with Crippen molar-refractivity contribution in [1.29, 1.82) is 0 Å². The largest absolute Gasteiger partial charge is 0.468 e. The van der Waals surface area contributed by atoms with E-state index in [0.717, 1.165) is 57.7 Å². The van der Waals surface area contributed by atoms with Crippen LogP contribution in [0.3, 0.4) is 0 Å². The Morgan fingerprint density at radius 1 is 1.36 bits per heavy atom. The summed E-state index contributed by atoms with van der Waals surface area (Å²) in [6, 6.07) is 3.92. The molecule has 1 amide bonds. The Kier molecular flexibility index (Phi) is 4.54. The number of hydrogen-bond acceptors (Lipinski definition) is 4. The molecule has 122 valence electrons. The normalized spacial score (nSPS) is 25.5. The molecule has 3 heterocycles. The summed E-state index contributed by atoms with van der Waals surface area (Å²) in [5.41, 5.74) is 0.209. The molecule has 2 aliphatic heterocycles. The van der Waals surface area contributed by atoms with Gasteiger partial charge in [0.25, 0.3) is 0 Å². The van der Waals surface area contributed by atoms with Crippen molar-refractivity contribution in [2.45, 2.75) is 32.7 Å². The van der Waals surface area contributed by atoms with Crippen LogP contribution in [0.5, 0.6) is 0 Å². The molecule has 1 unspecified atom stereocenters. The van der Waals surface area contributed by atoms with E-state index in [2.05, 4.69) is 4.90 Å². The lowest BCUT2D eigenvalue weighted by molar-refractivity contribution is -0.133. The van der Waals surface area contributed by atoms with Gasteiger partial charge in [-0.1, -0.05) is 0 Å². The molecule has 0 aliphatic carbocycles. The summed E-state index contributed by atoms with van der Waals surface area (Å²) in [5, 5.41) is 9.90. The van der Waals surface area contributed by atoms with Crippen molar-refractivity contribution in [3.05, 3.63) is 24.2 Å². The first-order valence-electron chi connectivity index (χ1n) is 8.24. The number of piperidine rings is 2. The van der Waals surface area contributed by atoms with Gasteiger partial charge in [0.15, 0.2) is 0 Å². The lowest BCUT2D eigenvalue weighted by atomic mass is 9.64. The van der Waals surface area contributed by atoms with Crippen LogP contribution in [0.15, 0.2) is 22.8 Å². The molecule has 2 saturated heterocycles. The van der Waals surface area contributed by atoms with Crippen molar-refractivity contribution in [2.75, 3.05) is 32.8 Å². The zero-order valence-corrected chi connectivity index (χ0v) is 13.3. The Morgan fingerprint density at radius 2 is 2.09 bits per heavy atom. The molecule has 1 N–H and O–H groups in total. The van der Waals surface area contributed by atoms with Crippen LogP contribution in [0.1, 0.15) is 31.9 Å². The van der Waals surface area contributed by atoms with E-state index in [4.69, 9.17) is 4.42 Å². The number of carbonyl (C=O) groups excluding carboxylic acids is 1. The zero-order chi connectivity index (χ0) is 15.6. The van der Waals surface area contributed by atoms with E-state index >= 15 is 0 Å². The second-order valence-corrected chi connectivity index (χ2v) is 6.81. The van der Waals surface area contributed by atoms with Gasteiger partial charge in [-0.3, -0.25) is 9.69 Å². The van der Waals surface area contributed by atoms with Crippen LogP contribution >= 0.6 is 0 Å². The minimum absolute atomic E-state index is 0.172. The fraction of sp³-hybridized carbons (Fsp3) is 0.706. The van der Waals surface area contributed by atoms with Crippen LogP contribution in [-0.4, -0.2) is 53.6 Å². The van der Waals surface area contributed by atoms with Gasteiger partial charge in [0.1, 0.15) is 5.76 Å². The van der Waals surface area contributed by atoms with Crippen LogP contribution in [0, 0.1) is 11.3 Å². The number of hydrogen-bond donors (Lipinski definition) is 1. The third kappa shape index (κ3) is 3.06. The standard InChI is InChI=1S/C17H26N2O3/c1-14(21)19-8-5-17(6-9-19)4-7-18(11-15(17)13-20)12-16-3-2-10-22-16/h2-3,10,15,20H,4-9,11-13H2,1H3. The summed E-state index contributed by atoms with van der Waals surface area (Å²) in [6.45, 7) is 6.32. The van der Waals surface area contributed by atoms with E-state index < -0.39 is 0 Å². The number of aliphatic hydroxyl groups is 1. The minimum atomic E-state index is 0.172. The second kappa shape index (κ2) is 6.42. The molecule has 2 fully saturated rings. The van der Waals surface area contributed by atoms with E-state index in [9.17, 15) is 9.90 Å². The van der Waals surface area contributed by atoms with Crippen LogP contribution in [0.4, 0.5) is 0 Å². The molecule has 2 aliphatic rings. The predicted octanol–water partition coefficient (Wildman–Crippen LogP) is 1.72. The zero-order valence-electron chi connectivity index (χ0n) is 13.3. The monoisotopic (exact) mass is 306 g/mol. The fourth-order valence-corrected chi connectivity index (χ4v) is 4.12. The van der Waals surface area contributed by atoms with Crippen molar-refractivity contribution in [2.24, 2.45) is 11.3 Å². The van der Waals surface area contributed by atoms with Gasteiger partial charge in [0.05, 0.1) is 12.8 Å². The van der Waals surface area contributed by atoms with E-state index in [1.807, 2.05) is 17.0 Å². The van der Waals surface area contributed by atoms with Crippen molar-refractivity contribution < 1.29 is 14.3 Å². The van der Waals surface area contributed by atoms with Crippen LogP contribution in [-0.2, 0) is 11.3 Å². The molecule has 0 bridgehead atoms. The average molecular weight is 306 g/mol. The number of likely N-dealkylation sites (tertiary alicyclic amines) is 2. The summed E-state index contributed by atoms with van der Waals surface area (Å²) < 4.78 is 5.43. The van der Waals surface area contributed by atoms with Gasteiger partial charge in [-0.05, 0) is 43.4 Å². The Labute approximate surface area is 131 Å². The molecule has 3 rings (SSSR count). The minimum Gasteiger partial charge on any atom is -0.468 e. The molecule has 1 aromatic heterocycles. The SMILES string of the molecule is CC(=O)N1CCC2(CCN(Cc3ccco3)CC2CO)CC1. The molecule has 1 atom stereocenters. The van der Waals surface area contributed by atoms with Gasteiger partial charge in [0, 0.05) is 39.1 Å². The molecule has 22 heavy (non-hydrogen) atoms. The van der Waals surface area contributed by atoms with Gasteiger partial charge < -0.3 is 14.4 Å². The highest BCUT2D eigenvalue weighted by Crippen LogP contribution is 2.45. The summed E-state index contributed by atoms with van der Waals surface area (Å²) in [5.74, 6) is 1.45. The molecule has 0 radical (unpaired) electrons. The van der Waals surface area contributed by atoms with Gasteiger partial charge in [0.2, 0.25) is 5.91 Å². The van der Waals surface area contributed by atoms with Crippen LogP contribution < -0.4 is 0 Å². The average Bonchev–Trinajstić information content (AvgIpc) is 3.03. The molecule has 0 aromatic carbocycles. The van der Waals surface area contributed by atoms with Crippen LogP contribution in [0.25, 0.3) is 0 Å². The van der Waals surface area contributed by atoms with E-state index in [0.29, 0.717) is 5.92 Å². The second-order valence-electron chi connectivity index (χ2n) is 6.81. The maximum Gasteiger partial charge on any atom is 0.219 e. The third-order valence-corrected chi connectivity index (χ3v) is 5.66. The van der Waals surface area contributed by atoms with Crippen molar-refractivity contribution in [1.82, 2.24) is 9.80 Å². The van der Waals surface area contributed by atoms with Crippen molar-refractivity contribution >= 4 is 5.91 Å². The summed E-state index contributed by atoms with van der Waals surface area (Å²) in [6.07, 6.45) is 4.85. The molecule has 5 nitrogen and oxygen atoms in total. The maximum absolute atomic E-state index is 11.5. The number of furan rings is 1. The maximum atomic E-state index is 11.5. The molecular formula is C17H26N2O3. The Balaban J connectivity index is 1.62. The first kappa shape index (κ1) is 15.6. The van der Waals surface area contributed by atoms with Gasteiger partial charge in [-0.25, -0.2) is 0 Å². The number of carbonyl (C=O) groups is 1. The summed E-state index contributed by atoms with van der Waals surface area (Å²) in [7, 11) is 0.